The van der Waals surface area contributed by atoms with Crippen LogP contribution >= 0.6 is 11.3 Å². The number of carbonyl (C=O) groups excluding carboxylic acids is 2. The third-order valence-corrected chi connectivity index (χ3v) is 3.79. The molecule has 5 heteroatoms. The second kappa shape index (κ2) is 6.32. The zero-order valence-corrected chi connectivity index (χ0v) is 12.3. The highest BCUT2D eigenvalue weighted by Gasteiger charge is 2.11. The number of benzene rings is 2. The summed E-state index contributed by atoms with van der Waals surface area (Å²) in [6, 6.07) is 15.6. The van der Waals surface area contributed by atoms with Crippen molar-refractivity contribution in [3.8, 4) is 0 Å². The fourth-order valence-corrected chi connectivity index (χ4v) is 2.51. The molecule has 2 aromatic carbocycles. The van der Waals surface area contributed by atoms with Gasteiger partial charge in [-0.3, -0.25) is 14.9 Å². The third-order valence-electron chi connectivity index (χ3n) is 3.10. The van der Waals surface area contributed by atoms with E-state index in [-0.39, 0.29) is 11.7 Å². The van der Waals surface area contributed by atoms with Crippen LogP contribution in [-0.2, 0) is 0 Å². The molecule has 0 bridgehead atoms. The highest BCUT2D eigenvalue weighted by molar-refractivity contribution is 7.13. The Morgan fingerprint density at radius 1 is 0.864 bits per heavy atom. The first-order valence-corrected chi connectivity index (χ1v) is 7.52. The van der Waals surface area contributed by atoms with Gasteiger partial charge in [-0.25, -0.2) is 4.98 Å². The van der Waals surface area contributed by atoms with E-state index >= 15 is 0 Å². The minimum Gasteiger partial charge on any atom is -0.298 e. The molecule has 0 saturated carbocycles. The van der Waals surface area contributed by atoms with Gasteiger partial charge in [0, 0.05) is 28.3 Å². The van der Waals surface area contributed by atoms with Crippen molar-refractivity contribution in [2.75, 3.05) is 5.32 Å². The monoisotopic (exact) mass is 308 g/mol. The van der Waals surface area contributed by atoms with Crippen LogP contribution in [0.1, 0.15) is 26.3 Å². The fourth-order valence-electron chi connectivity index (χ4n) is 1.98. The number of nitrogens with zero attached hydrogens (tertiary/aromatic N) is 1. The Labute approximate surface area is 131 Å². The molecule has 1 heterocycles. The molecule has 3 aromatic rings. The van der Waals surface area contributed by atoms with Gasteiger partial charge in [-0.1, -0.05) is 42.5 Å². The summed E-state index contributed by atoms with van der Waals surface area (Å²) in [6.07, 6.45) is 1.63. The van der Waals surface area contributed by atoms with Gasteiger partial charge < -0.3 is 0 Å². The standard InChI is InChI=1S/C17H12N2O2S/c20-15(12-4-2-1-3-5-12)13-6-8-14(9-7-13)16(21)19-17-18-10-11-22-17/h1-11H,(H,18,19,21). The van der Waals surface area contributed by atoms with Crippen LogP contribution in [0.5, 0.6) is 0 Å². The van der Waals surface area contributed by atoms with E-state index in [9.17, 15) is 9.59 Å². The van der Waals surface area contributed by atoms with Crippen LogP contribution in [0.3, 0.4) is 0 Å². The summed E-state index contributed by atoms with van der Waals surface area (Å²) in [5.74, 6) is -0.304. The van der Waals surface area contributed by atoms with Gasteiger partial charge in [-0.2, -0.15) is 0 Å². The zero-order valence-electron chi connectivity index (χ0n) is 11.5. The number of amides is 1. The number of ketones is 1. The Balaban J connectivity index is 1.75. The van der Waals surface area contributed by atoms with Crippen molar-refractivity contribution < 1.29 is 9.59 Å². The van der Waals surface area contributed by atoms with Crippen LogP contribution in [-0.4, -0.2) is 16.7 Å². The van der Waals surface area contributed by atoms with E-state index in [1.165, 1.54) is 11.3 Å². The number of anilines is 1. The highest BCUT2D eigenvalue weighted by Crippen LogP contribution is 2.14. The van der Waals surface area contributed by atoms with Crippen LogP contribution in [0, 0.1) is 0 Å². The lowest BCUT2D eigenvalue weighted by Crippen LogP contribution is -2.12. The lowest BCUT2D eigenvalue weighted by Gasteiger charge is -2.04. The molecule has 108 valence electrons. The van der Waals surface area contributed by atoms with E-state index < -0.39 is 0 Å². The number of aromatic nitrogens is 1. The number of nitrogens with one attached hydrogen (secondary N) is 1. The summed E-state index contributed by atoms with van der Waals surface area (Å²) in [5.41, 5.74) is 1.67. The minimum atomic E-state index is -0.242. The van der Waals surface area contributed by atoms with Gasteiger partial charge in [0.25, 0.3) is 5.91 Å². The summed E-state index contributed by atoms with van der Waals surface area (Å²) in [4.78, 5) is 28.3. The largest absolute Gasteiger partial charge is 0.298 e. The molecular formula is C17H12N2O2S. The van der Waals surface area contributed by atoms with Crippen LogP contribution < -0.4 is 5.32 Å². The quantitative estimate of drug-likeness (QED) is 0.749. The average Bonchev–Trinajstić information content (AvgIpc) is 3.08. The first-order chi connectivity index (χ1) is 10.7. The van der Waals surface area contributed by atoms with E-state index in [1.54, 1.807) is 48.0 Å². The van der Waals surface area contributed by atoms with E-state index in [4.69, 9.17) is 0 Å². The smallest absolute Gasteiger partial charge is 0.257 e. The molecule has 22 heavy (non-hydrogen) atoms. The third kappa shape index (κ3) is 3.10. The molecule has 0 fully saturated rings. The Hall–Kier alpha value is -2.79. The van der Waals surface area contributed by atoms with Crippen LogP contribution in [0.25, 0.3) is 0 Å². The minimum absolute atomic E-state index is 0.0625. The second-order valence-corrected chi connectivity index (χ2v) is 5.46. The van der Waals surface area contributed by atoms with E-state index in [1.807, 2.05) is 18.2 Å². The van der Waals surface area contributed by atoms with Crippen molar-refractivity contribution in [3.63, 3.8) is 0 Å². The van der Waals surface area contributed by atoms with Crippen LogP contribution in [0.2, 0.25) is 0 Å². The van der Waals surface area contributed by atoms with Crippen LogP contribution in [0.4, 0.5) is 5.13 Å². The molecule has 0 spiro atoms. The molecule has 0 unspecified atom stereocenters. The van der Waals surface area contributed by atoms with E-state index in [0.717, 1.165) is 0 Å². The maximum atomic E-state index is 12.3. The normalized spacial score (nSPS) is 10.2. The van der Waals surface area contributed by atoms with E-state index in [0.29, 0.717) is 21.8 Å². The number of hydrogen-bond acceptors (Lipinski definition) is 4. The van der Waals surface area contributed by atoms with Gasteiger partial charge >= 0.3 is 0 Å². The van der Waals surface area contributed by atoms with E-state index in [2.05, 4.69) is 10.3 Å². The lowest BCUT2D eigenvalue weighted by atomic mass is 10.0. The number of hydrogen-bond donors (Lipinski definition) is 1. The molecule has 0 aliphatic rings. The first kappa shape index (κ1) is 14.2. The summed E-state index contributed by atoms with van der Waals surface area (Å²) in [7, 11) is 0. The molecule has 3 rings (SSSR count). The van der Waals surface area contributed by atoms with Gasteiger partial charge in [0.05, 0.1) is 0 Å². The molecule has 1 aromatic heterocycles. The van der Waals surface area contributed by atoms with Crippen molar-refractivity contribution in [1.29, 1.82) is 0 Å². The van der Waals surface area contributed by atoms with Gasteiger partial charge in [0.15, 0.2) is 10.9 Å². The van der Waals surface area contributed by atoms with Crippen LogP contribution in [0.15, 0.2) is 66.2 Å². The SMILES string of the molecule is O=C(Nc1nccs1)c1ccc(C(=O)c2ccccc2)cc1. The van der Waals surface area contributed by atoms with Gasteiger partial charge in [-0.05, 0) is 12.1 Å². The zero-order chi connectivity index (χ0) is 15.4. The number of thiazole rings is 1. The maximum Gasteiger partial charge on any atom is 0.257 e. The summed E-state index contributed by atoms with van der Waals surface area (Å²) < 4.78 is 0. The van der Waals surface area contributed by atoms with Crippen molar-refractivity contribution in [2.45, 2.75) is 0 Å². The summed E-state index contributed by atoms with van der Waals surface area (Å²) in [6.45, 7) is 0. The molecule has 0 aliphatic heterocycles. The molecule has 0 radical (unpaired) electrons. The second-order valence-electron chi connectivity index (χ2n) is 4.56. The predicted octanol–water partition coefficient (Wildman–Crippen LogP) is 3.63. The van der Waals surface area contributed by atoms with Gasteiger partial charge in [0.2, 0.25) is 0 Å². The molecule has 0 saturated heterocycles. The highest BCUT2D eigenvalue weighted by atomic mass is 32.1. The molecule has 0 aliphatic carbocycles. The summed E-state index contributed by atoms with van der Waals surface area (Å²) in [5, 5.41) is 5.04. The lowest BCUT2D eigenvalue weighted by molar-refractivity contribution is 0.102. The Morgan fingerprint density at radius 3 is 2.14 bits per heavy atom. The maximum absolute atomic E-state index is 12.3. The average molecular weight is 308 g/mol. The molecule has 1 amide bonds. The Bertz CT molecular complexity index is 781. The van der Waals surface area contributed by atoms with Gasteiger partial charge in [0.1, 0.15) is 0 Å². The number of rotatable bonds is 4. The molecular weight excluding hydrogens is 296 g/mol. The topological polar surface area (TPSA) is 59.1 Å². The fraction of sp³-hybridized carbons (Fsp3) is 0. The van der Waals surface area contributed by atoms with Crippen molar-refractivity contribution in [3.05, 3.63) is 82.9 Å². The molecule has 1 N–H and O–H groups in total. The van der Waals surface area contributed by atoms with Crippen molar-refractivity contribution >= 4 is 28.2 Å². The molecule has 0 atom stereocenters. The van der Waals surface area contributed by atoms with Crippen molar-refractivity contribution in [2.24, 2.45) is 0 Å². The number of carbonyl (C=O) groups is 2. The first-order valence-electron chi connectivity index (χ1n) is 6.65. The van der Waals surface area contributed by atoms with Crippen molar-refractivity contribution in [1.82, 2.24) is 4.98 Å². The Kier molecular flexibility index (Phi) is 4.07. The Morgan fingerprint density at radius 2 is 1.50 bits per heavy atom. The van der Waals surface area contributed by atoms with Gasteiger partial charge in [-0.15, -0.1) is 11.3 Å². The summed E-state index contributed by atoms with van der Waals surface area (Å²) >= 11 is 1.35. The predicted molar refractivity (Wildman–Crippen MR) is 86.4 cm³/mol. The molecule has 4 nitrogen and oxygen atoms in total.